The molecular weight excluding hydrogens is 681 g/mol. The summed E-state index contributed by atoms with van der Waals surface area (Å²) < 4.78 is 31.6. The van der Waals surface area contributed by atoms with E-state index in [0.29, 0.717) is 30.7 Å². The molecular formula is C50H76O5. The van der Waals surface area contributed by atoms with E-state index in [1.165, 1.54) is 35.3 Å². The largest absolute Gasteiger partial charge is 0.495 e. The number of epoxide rings is 1. The van der Waals surface area contributed by atoms with Crippen molar-refractivity contribution in [1.82, 2.24) is 0 Å². The van der Waals surface area contributed by atoms with E-state index in [0.717, 1.165) is 121 Å². The van der Waals surface area contributed by atoms with Crippen molar-refractivity contribution in [1.29, 1.82) is 0 Å². The molecule has 4 atom stereocenters. The maximum Gasteiger partial charge on any atom is 0.116 e. The van der Waals surface area contributed by atoms with Crippen LogP contribution in [0, 0.1) is 22.7 Å². The highest BCUT2D eigenvalue weighted by Crippen LogP contribution is 2.49. The van der Waals surface area contributed by atoms with Crippen LogP contribution in [-0.4, -0.2) is 43.2 Å². The third kappa shape index (κ3) is 10.5. The van der Waals surface area contributed by atoms with Crippen molar-refractivity contribution >= 4 is 0 Å². The minimum Gasteiger partial charge on any atom is -0.495 e. The topological polar surface area (TPSA) is 49.5 Å². The van der Waals surface area contributed by atoms with Gasteiger partial charge in [-0.15, -0.1) is 0 Å². The zero-order chi connectivity index (χ0) is 39.3. The summed E-state index contributed by atoms with van der Waals surface area (Å²) in [6.07, 6.45) is 32.7. The molecule has 0 radical (unpaired) electrons. The van der Waals surface area contributed by atoms with E-state index in [1.807, 2.05) is 0 Å². The predicted octanol–water partition coefficient (Wildman–Crippen LogP) is 13.3. The number of rotatable bonds is 21. The van der Waals surface area contributed by atoms with Crippen molar-refractivity contribution in [2.75, 3.05) is 19.8 Å². The van der Waals surface area contributed by atoms with Crippen LogP contribution in [0.15, 0.2) is 82.6 Å². The van der Waals surface area contributed by atoms with E-state index >= 15 is 0 Å². The monoisotopic (exact) mass is 757 g/mol. The third-order valence-electron chi connectivity index (χ3n) is 15.0. The van der Waals surface area contributed by atoms with Gasteiger partial charge in [0.2, 0.25) is 0 Å². The lowest BCUT2D eigenvalue weighted by molar-refractivity contribution is -0.0504. The maximum atomic E-state index is 6.89. The van der Waals surface area contributed by atoms with Gasteiger partial charge in [-0.05, 0) is 119 Å². The molecule has 5 aliphatic carbocycles. The van der Waals surface area contributed by atoms with Crippen LogP contribution in [0.4, 0.5) is 0 Å². The molecule has 1 saturated heterocycles. The van der Waals surface area contributed by atoms with Crippen molar-refractivity contribution in [3.8, 4) is 0 Å². The summed E-state index contributed by atoms with van der Waals surface area (Å²) >= 11 is 0. The number of allylic oxidation sites excluding steroid dienone is 12. The molecule has 5 nitrogen and oxygen atoms in total. The van der Waals surface area contributed by atoms with Gasteiger partial charge in [0.15, 0.2) is 0 Å². The van der Waals surface area contributed by atoms with Gasteiger partial charge in [0.1, 0.15) is 23.9 Å². The molecule has 306 valence electrons. The van der Waals surface area contributed by atoms with Crippen molar-refractivity contribution in [3.05, 3.63) is 82.6 Å². The van der Waals surface area contributed by atoms with E-state index in [2.05, 4.69) is 98.4 Å². The van der Waals surface area contributed by atoms with E-state index in [4.69, 9.17) is 23.7 Å². The average molecular weight is 757 g/mol. The van der Waals surface area contributed by atoms with E-state index in [1.54, 1.807) is 5.57 Å². The Hall–Kier alpha value is -2.50. The molecule has 1 aliphatic heterocycles. The van der Waals surface area contributed by atoms with Crippen LogP contribution in [0.5, 0.6) is 0 Å². The molecule has 0 N–H and O–H groups in total. The Morgan fingerprint density at radius 2 is 1.35 bits per heavy atom. The van der Waals surface area contributed by atoms with Gasteiger partial charge in [-0.3, -0.25) is 0 Å². The van der Waals surface area contributed by atoms with Gasteiger partial charge in [-0.25, -0.2) is 0 Å². The fourth-order valence-corrected chi connectivity index (χ4v) is 9.84. The Labute approximate surface area is 335 Å². The molecule has 4 unspecified atom stereocenters. The molecule has 0 aromatic rings. The lowest BCUT2D eigenvalue weighted by Gasteiger charge is -2.42. The van der Waals surface area contributed by atoms with Crippen LogP contribution < -0.4 is 0 Å². The minimum atomic E-state index is -0.180. The van der Waals surface area contributed by atoms with Crippen molar-refractivity contribution in [3.63, 3.8) is 0 Å². The van der Waals surface area contributed by atoms with Gasteiger partial charge in [0.05, 0.1) is 36.6 Å². The van der Waals surface area contributed by atoms with Crippen molar-refractivity contribution in [2.24, 2.45) is 22.7 Å². The Balaban J connectivity index is 0.961. The smallest absolute Gasteiger partial charge is 0.116 e. The Kier molecular flexibility index (Phi) is 13.8. The molecule has 2 fully saturated rings. The van der Waals surface area contributed by atoms with Crippen molar-refractivity contribution < 1.29 is 23.7 Å². The summed E-state index contributed by atoms with van der Waals surface area (Å²) in [5.41, 5.74) is 6.05. The van der Waals surface area contributed by atoms with E-state index in [9.17, 15) is 0 Å². The first-order chi connectivity index (χ1) is 26.3. The van der Waals surface area contributed by atoms with Gasteiger partial charge in [-0.2, -0.15) is 0 Å². The predicted molar refractivity (Wildman–Crippen MR) is 226 cm³/mol. The van der Waals surface area contributed by atoms with Crippen LogP contribution in [0.1, 0.15) is 165 Å². The first-order valence-corrected chi connectivity index (χ1v) is 22.4. The number of ether oxygens (including phenoxy) is 5. The second kappa shape index (κ2) is 18.0. The van der Waals surface area contributed by atoms with E-state index < -0.39 is 0 Å². The second-order valence-corrected chi connectivity index (χ2v) is 18.9. The molecule has 1 heterocycles. The van der Waals surface area contributed by atoms with Gasteiger partial charge >= 0.3 is 0 Å². The van der Waals surface area contributed by atoms with Crippen LogP contribution >= 0.6 is 0 Å². The number of hydrogen-bond donors (Lipinski definition) is 0. The highest BCUT2D eigenvalue weighted by Gasteiger charge is 2.41. The summed E-state index contributed by atoms with van der Waals surface area (Å²) in [7, 11) is 0. The lowest BCUT2D eigenvalue weighted by Crippen LogP contribution is -2.35. The normalized spacial score (nSPS) is 26.2. The molecule has 6 rings (SSSR count). The Morgan fingerprint density at radius 3 is 1.85 bits per heavy atom. The first kappa shape index (κ1) is 42.1. The molecule has 6 aliphatic rings. The summed E-state index contributed by atoms with van der Waals surface area (Å²) in [6, 6.07) is 0. The minimum absolute atomic E-state index is 0.0243. The zero-order valence-corrected chi connectivity index (χ0v) is 36.2. The Morgan fingerprint density at radius 1 is 0.709 bits per heavy atom. The average Bonchev–Trinajstić information content (AvgIpc) is 4.15. The molecule has 0 aromatic carbocycles. The standard InChI is InChI=1S/C50H76O5/c1-10-49(11-2,54-44-26-18-40(19-27-44)48(8,9)39-16-24-43(25-17-39)52-34-46-35-53-46)30-31-51-42-22-14-38(15-23-42)47(6,7)41-20-28-45(29-21-41)55-50(12-3,13-4)33-37-32-36(37)5/h14,16,18,24,26,28,37,41-42,46H,5,10-13,15,17,19-23,25,27,29-35H2,1-4,6-9H3. The third-order valence-corrected chi connectivity index (χ3v) is 15.0. The lowest BCUT2D eigenvalue weighted by atomic mass is 9.66. The molecule has 0 aromatic heterocycles. The van der Waals surface area contributed by atoms with Crippen LogP contribution in [0.3, 0.4) is 0 Å². The first-order valence-electron chi connectivity index (χ1n) is 22.4. The van der Waals surface area contributed by atoms with E-state index in [-0.39, 0.29) is 22.0 Å². The molecule has 1 saturated carbocycles. The van der Waals surface area contributed by atoms with Crippen LogP contribution in [-0.2, 0) is 23.7 Å². The summed E-state index contributed by atoms with van der Waals surface area (Å²) in [5, 5.41) is 0. The highest BCUT2D eigenvalue weighted by atomic mass is 16.6. The zero-order valence-electron chi connectivity index (χ0n) is 36.2. The highest BCUT2D eigenvalue weighted by molar-refractivity contribution is 5.37. The fourth-order valence-electron chi connectivity index (χ4n) is 9.84. The SMILES string of the molecule is C=C1CC1CC(CC)(CC)OC1=CCC(C(C)(C)C2=CCC(OCCC(CC)(CC)OC3=CC=C(C(C)(C)C4=CC=C(OCC5CO5)CC4)CC3)CC2)CC1. The molecule has 0 spiro atoms. The van der Waals surface area contributed by atoms with Gasteiger partial charge in [0.25, 0.3) is 0 Å². The Bertz CT molecular complexity index is 1530. The molecule has 5 heteroatoms. The van der Waals surface area contributed by atoms with Gasteiger partial charge in [0, 0.05) is 31.1 Å². The summed E-state index contributed by atoms with van der Waals surface area (Å²) in [4.78, 5) is 0. The molecule has 0 bridgehead atoms. The quantitative estimate of drug-likeness (QED) is 0.0862. The van der Waals surface area contributed by atoms with Crippen molar-refractivity contribution in [2.45, 2.75) is 188 Å². The van der Waals surface area contributed by atoms with Gasteiger partial charge in [-0.1, -0.05) is 102 Å². The summed E-state index contributed by atoms with van der Waals surface area (Å²) in [6.45, 7) is 25.4. The number of hydrogen-bond acceptors (Lipinski definition) is 5. The maximum absolute atomic E-state index is 6.89. The van der Waals surface area contributed by atoms with Gasteiger partial charge < -0.3 is 23.7 Å². The summed E-state index contributed by atoms with van der Waals surface area (Å²) in [5.74, 6) is 4.78. The molecule has 55 heavy (non-hydrogen) atoms. The van der Waals surface area contributed by atoms with Crippen LogP contribution in [0.25, 0.3) is 0 Å². The fraction of sp³-hybridized carbons (Fsp3) is 0.720. The molecule has 0 amide bonds. The van der Waals surface area contributed by atoms with Crippen LogP contribution in [0.2, 0.25) is 0 Å². The second-order valence-electron chi connectivity index (χ2n) is 18.9.